The van der Waals surface area contributed by atoms with Crippen LogP contribution in [0.3, 0.4) is 0 Å². The van der Waals surface area contributed by atoms with Crippen LogP contribution in [0.15, 0.2) is 12.1 Å². The zero-order chi connectivity index (χ0) is 12.3. The first-order chi connectivity index (χ1) is 7.41. The Morgan fingerprint density at radius 2 is 2.19 bits per heavy atom. The second kappa shape index (κ2) is 5.37. The van der Waals surface area contributed by atoms with Gasteiger partial charge in [0.05, 0.1) is 22.5 Å². The highest BCUT2D eigenvalue weighted by molar-refractivity contribution is 6.31. The van der Waals surface area contributed by atoms with Gasteiger partial charge >= 0.3 is 0 Å². The van der Waals surface area contributed by atoms with Gasteiger partial charge in [-0.15, -0.1) is 0 Å². The standard InChI is InChI=1S/C11H16ClFN2O/c1-7(16)3-4-15(2)11-5-8(12)9(13)6-10(11)14/h5-7,16H,3-4,14H2,1-2H3. The van der Waals surface area contributed by atoms with E-state index >= 15 is 0 Å². The summed E-state index contributed by atoms with van der Waals surface area (Å²) in [6.07, 6.45) is 0.241. The van der Waals surface area contributed by atoms with Crippen LogP contribution in [-0.4, -0.2) is 24.8 Å². The highest BCUT2D eigenvalue weighted by atomic mass is 35.5. The lowest BCUT2D eigenvalue weighted by Gasteiger charge is -2.22. The van der Waals surface area contributed by atoms with Crippen LogP contribution in [0.2, 0.25) is 5.02 Å². The quantitative estimate of drug-likeness (QED) is 0.802. The number of nitrogens with two attached hydrogens (primary N) is 1. The molecule has 90 valence electrons. The van der Waals surface area contributed by atoms with E-state index in [1.807, 2.05) is 11.9 Å². The molecule has 0 heterocycles. The van der Waals surface area contributed by atoms with Gasteiger partial charge < -0.3 is 15.7 Å². The topological polar surface area (TPSA) is 49.5 Å². The predicted molar refractivity (Wildman–Crippen MR) is 65.4 cm³/mol. The van der Waals surface area contributed by atoms with Gasteiger partial charge in [0.2, 0.25) is 0 Å². The van der Waals surface area contributed by atoms with Crippen molar-refractivity contribution in [3.8, 4) is 0 Å². The van der Waals surface area contributed by atoms with Gasteiger partial charge in [-0.1, -0.05) is 11.6 Å². The largest absolute Gasteiger partial charge is 0.397 e. The Morgan fingerprint density at radius 1 is 1.56 bits per heavy atom. The molecule has 0 spiro atoms. The molecular weight excluding hydrogens is 231 g/mol. The molecular formula is C11H16ClFN2O. The molecule has 0 saturated carbocycles. The summed E-state index contributed by atoms with van der Waals surface area (Å²) in [4.78, 5) is 1.84. The van der Waals surface area contributed by atoms with Crippen molar-refractivity contribution in [1.82, 2.24) is 0 Å². The van der Waals surface area contributed by atoms with Crippen molar-refractivity contribution in [3.63, 3.8) is 0 Å². The van der Waals surface area contributed by atoms with E-state index < -0.39 is 5.82 Å². The molecule has 0 radical (unpaired) electrons. The molecule has 1 aromatic carbocycles. The first-order valence-corrected chi connectivity index (χ1v) is 5.43. The number of benzene rings is 1. The molecule has 0 aromatic heterocycles. The molecule has 0 aliphatic rings. The molecule has 1 rings (SSSR count). The summed E-state index contributed by atoms with van der Waals surface area (Å²) in [6, 6.07) is 2.70. The molecule has 0 aliphatic carbocycles. The number of hydrogen-bond donors (Lipinski definition) is 2. The fraction of sp³-hybridized carbons (Fsp3) is 0.455. The Morgan fingerprint density at radius 3 is 2.75 bits per heavy atom. The Hall–Kier alpha value is -1.00. The maximum atomic E-state index is 13.1. The van der Waals surface area contributed by atoms with Crippen LogP contribution < -0.4 is 10.6 Å². The van der Waals surface area contributed by atoms with Crippen LogP contribution in [0.5, 0.6) is 0 Å². The zero-order valence-electron chi connectivity index (χ0n) is 9.37. The van der Waals surface area contributed by atoms with E-state index in [0.717, 1.165) is 0 Å². The number of rotatable bonds is 4. The van der Waals surface area contributed by atoms with Crippen molar-refractivity contribution in [1.29, 1.82) is 0 Å². The third-order valence-corrected chi connectivity index (χ3v) is 2.65. The fourth-order valence-electron chi connectivity index (χ4n) is 1.38. The summed E-state index contributed by atoms with van der Waals surface area (Å²) in [5.74, 6) is -0.521. The molecule has 3 nitrogen and oxygen atoms in total. The first-order valence-electron chi connectivity index (χ1n) is 5.05. The first kappa shape index (κ1) is 13.1. The maximum Gasteiger partial charge on any atom is 0.143 e. The summed E-state index contributed by atoms with van der Waals surface area (Å²) in [7, 11) is 1.82. The second-order valence-corrected chi connectivity index (χ2v) is 4.29. The molecule has 0 fully saturated rings. The molecule has 0 bridgehead atoms. The summed E-state index contributed by atoms with van der Waals surface area (Å²) in [6.45, 7) is 2.35. The van der Waals surface area contributed by atoms with Crippen molar-refractivity contribution < 1.29 is 9.50 Å². The Labute approximate surface area is 99.6 Å². The lowest BCUT2D eigenvalue weighted by Crippen LogP contribution is -2.22. The minimum Gasteiger partial charge on any atom is -0.397 e. The SMILES string of the molecule is CC(O)CCN(C)c1cc(Cl)c(F)cc1N. The number of anilines is 2. The molecule has 0 saturated heterocycles. The van der Waals surface area contributed by atoms with E-state index in [1.54, 1.807) is 6.92 Å². The van der Waals surface area contributed by atoms with Crippen LogP contribution in [0, 0.1) is 5.82 Å². The van der Waals surface area contributed by atoms with Crippen molar-refractivity contribution in [3.05, 3.63) is 23.0 Å². The van der Waals surface area contributed by atoms with Gasteiger partial charge in [-0.3, -0.25) is 0 Å². The average Bonchev–Trinajstić information content (AvgIpc) is 2.20. The smallest absolute Gasteiger partial charge is 0.143 e. The molecule has 3 N–H and O–H groups in total. The van der Waals surface area contributed by atoms with Gasteiger partial charge in [-0.2, -0.15) is 0 Å². The number of aliphatic hydroxyl groups is 1. The number of nitrogen functional groups attached to an aromatic ring is 1. The second-order valence-electron chi connectivity index (χ2n) is 3.88. The molecule has 0 aliphatic heterocycles. The third-order valence-electron chi connectivity index (χ3n) is 2.36. The highest BCUT2D eigenvalue weighted by Crippen LogP contribution is 2.28. The Kier molecular flexibility index (Phi) is 4.38. The van der Waals surface area contributed by atoms with E-state index in [4.69, 9.17) is 17.3 Å². The zero-order valence-corrected chi connectivity index (χ0v) is 10.1. The molecule has 0 amide bonds. The maximum absolute atomic E-state index is 13.1. The van der Waals surface area contributed by atoms with Gasteiger partial charge in [0.1, 0.15) is 5.82 Å². The van der Waals surface area contributed by atoms with Gasteiger partial charge in [-0.05, 0) is 19.4 Å². The van der Waals surface area contributed by atoms with Crippen molar-refractivity contribution >= 4 is 23.0 Å². The lowest BCUT2D eigenvalue weighted by atomic mass is 10.2. The highest BCUT2D eigenvalue weighted by Gasteiger charge is 2.10. The number of hydrogen-bond acceptors (Lipinski definition) is 3. The minimum absolute atomic E-state index is 0.0492. The lowest BCUT2D eigenvalue weighted by molar-refractivity contribution is 0.187. The molecule has 1 unspecified atom stereocenters. The molecule has 5 heteroatoms. The van der Waals surface area contributed by atoms with E-state index in [0.29, 0.717) is 24.3 Å². The van der Waals surface area contributed by atoms with Gasteiger partial charge in [0.15, 0.2) is 0 Å². The van der Waals surface area contributed by atoms with Crippen molar-refractivity contribution in [2.75, 3.05) is 24.2 Å². The number of nitrogens with zero attached hydrogens (tertiary/aromatic N) is 1. The number of aliphatic hydroxyl groups excluding tert-OH is 1. The Bertz CT molecular complexity index is 371. The monoisotopic (exact) mass is 246 g/mol. The van der Waals surface area contributed by atoms with Crippen LogP contribution in [-0.2, 0) is 0 Å². The number of halogens is 2. The summed E-state index contributed by atoms with van der Waals surface area (Å²) in [5, 5.41) is 9.22. The van der Waals surface area contributed by atoms with Crippen LogP contribution in [0.4, 0.5) is 15.8 Å². The minimum atomic E-state index is -0.521. The van der Waals surface area contributed by atoms with E-state index in [2.05, 4.69) is 0 Å². The van der Waals surface area contributed by atoms with E-state index in [-0.39, 0.29) is 11.1 Å². The summed E-state index contributed by atoms with van der Waals surface area (Å²) in [5.41, 5.74) is 6.71. The molecule has 1 atom stereocenters. The van der Waals surface area contributed by atoms with Gasteiger partial charge in [-0.25, -0.2) is 4.39 Å². The fourth-order valence-corrected chi connectivity index (χ4v) is 1.54. The normalized spacial score (nSPS) is 12.6. The van der Waals surface area contributed by atoms with E-state index in [1.165, 1.54) is 12.1 Å². The van der Waals surface area contributed by atoms with Gasteiger partial charge in [0, 0.05) is 19.7 Å². The summed E-state index contributed by atoms with van der Waals surface area (Å²) < 4.78 is 13.1. The van der Waals surface area contributed by atoms with Crippen LogP contribution >= 0.6 is 11.6 Å². The van der Waals surface area contributed by atoms with E-state index in [9.17, 15) is 9.50 Å². The Balaban J connectivity index is 2.82. The van der Waals surface area contributed by atoms with Crippen molar-refractivity contribution in [2.24, 2.45) is 0 Å². The average molecular weight is 247 g/mol. The predicted octanol–water partition coefficient (Wildman–Crippen LogP) is 2.27. The van der Waals surface area contributed by atoms with Crippen LogP contribution in [0.1, 0.15) is 13.3 Å². The van der Waals surface area contributed by atoms with Crippen molar-refractivity contribution in [2.45, 2.75) is 19.4 Å². The third kappa shape index (κ3) is 3.25. The molecule has 1 aromatic rings. The summed E-state index contributed by atoms with van der Waals surface area (Å²) >= 11 is 5.69. The van der Waals surface area contributed by atoms with Gasteiger partial charge in [0.25, 0.3) is 0 Å². The van der Waals surface area contributed by atoms with Crippen LogP contribution in [0.25, 0.3) is 0 Å². The molecule has 16 heavy (non-hydrogen) atoms.